The fraction of sp³-hybridized carbons (Fsp3) is 0. The first-order valence-corrected chi connectivity index (χ1v) is 15.5. The molecule has 214 valence electrons. The lowest BCUT2D eigenvalue weighted by molar-refractivity contribution is 1.31. The van der Waals surface area contributed by atoms with Gasteiger partial charge in [0, 0.05) is 35.9 Å². The van der Waals surface area contributed by atoms with Gasteiger partial charge in [0.05, 0.1) is 11.4 Å². The van der Waals surface area contributed by atoms with Crippen molar-refractivity contribution in [2.45, 2.75) is 0 Å². The standard InChI is InChI=1S/C43H27N3/c1-3-21-45-40(5-1)34-25-33(26-35(27-34)41-6-2-4-22-46-41)37-16-14-32-12-11-31-13-15-36(38-17-18-39(37)43(32)42(31)38)30-9-7-28(8-10-30)29-19-23-44-24-20-29/h1-27H. The van der Waals surface area contributed by atoms with Crippen molar-refractivity contribution in [3.05, 3.63) is 164 Å². The average molecular weight is 586 g/mol. The number of benzene rings is 6. The highest BCUT2D eigenvalue weighted by Gasteiger charge is 2.16. The lowest BCUT2D eigenvalue weighted by Gasteiger charge is -2.17. The van der Waals surface area contributed by atoms with E-state index in [4.69, 9.17) is 0 Å². The molecule has 0 aliphatic carbocycles. The molecule has 0 fully saturated rings. The van der Waals surface area contributed by atoms with E-state index < -0.39 is 0 Å². The fourth-order valence-electron chi connectivity index (χ4n) is 6.84. The summed E-state index contributed by atoms with van der Waals surface area (Å²) in [6, 6.07) is 50.0. The molecule has 3 nitrogen and oxygen atoms in total. The maximum absolute atomic E-state index is 4.69. The van der Waals surface area contributed by atoms with Gasteiger partial charge in [-0.15, -0.1) is 0 Å². The third-order valence-electron chi connectivity index (χ3n) is 9.04. The summed E-state index contributed by atoms with van der Waals surface area (Å²) in [6.45, 7) is 0. The van der Waals surface area contributed by atoms with Crippen LogP contribution in [-0.2, 0) is 0 Å². The van der Waals surface area contributed by atoms with Gasteiger partial charge in [-0.1, -0.05) is 84.9 Å². The van der Waals surface area contributed by atoms with Crippen molar-refractivity contribution in [3.8, 4) is 55.9 Å². The lowest BCUT2D eigenvalue weighted by Crippen LogP contribution is -1.92. The van der Waals surface area contributed by atoms with Gasteiger partial charge >= 0.3 is 0 Å². The summed E-state index contributed by atoms with van der Waals surface area (Å²) in [6.07, 6.45) is 7.38. The van der Waals surface area contributed by atoms with Gasteiger partial charge in [-0.2, -0.15) is 0 Å². The summed E-state index contributed by atoms with van der Waals surface area (Å²) in [5, 5.41) is 7.60. The Kier molecular flexibility index (Phi) is 6.14. The second kappa shape index (κ2) is 10.8. The van der Waals surface area contributed by atoms with Gasteiger partial charge in [-0.3, -0.25) is 15.0 Å². The minimum absolute atomic E-state index is 0.943. The number of hydrogen-bond donors (Lipinski definition) is 0. The van der Waals surface area contributed by atoms with Crippen LogP contribution in [0.5, 0.6) is 0 Å². The smallest absolute Gasteiger partial charge is 0.0702 e. The molecule has 0 saturated carbocycles. The molecule has 3 heterocycles. The Morgan fingerprint density at radius 1 is 0.326 bits per heavy atom. The van der Waals surface area contributed by atoms with Crippen LogP contribution in [0.25, 0.3) is 88.2 Å². The first kappa shape index (κ1) is 26.2. The molecule has 0 aliphatic rings. The van der Waals surface area contributed by atoms with Crippen LogP contribution in [0.2, 0.25) is 0 Å². The van der Waals surface area contributed by atoms with Crippen molar-refractivity contribution >= 4 is 32.3 Å². The van der Waals surface area contributed by atoms with Gasteiger partial charge in [0.15, 0.2) is 0 Å². The first-order chi connectivity index (χ1) is 22.8. The van der Waals surface area contributed by atoms with Gasteiger partial charge in [-0.25, -0.2) is 0 Å². The van der Waals surface area contributed by atoms with Crippen LogP contribution < -0.4 is 0 Å². The van der Waals surface area contributed by atoms with Gasteiger partial charge < -0.3 is 0 Å². The zero-order chi connectivity index (χ0) is 30.5. The molecule has 0 spiro atoms. The Morgan fingerprint density at radius 2 is 0.804 bits per heavy atom. The van der Waals surface area contributed by atoms with Gasteiger partial charge in [0.2, 0.25) is 0 Å². The molecule has 0 unspecified atom stereocenters. The molecule has 9 aromatic rings. The predicted octanol–water partition coefficient (Wildman–Crippen LogP) is 11.1. The summed E-state index contributed by atoms with van der Waals surface area (Å²) in [5.74, 6) is 0. The number of hydrogen-bond acceptors (Lipinski definition) is 3. The molecule has 0 bridgehead atoms. The molecule has 0 N–H and O–H groups in total. The van der Waals surface area contributed by atoms with Crippen LogP contribution in [0, 0.1) is 0 Å². The molecule has 9 rings (SSSR count). The molecule has 6 aromatic carbocycles. The van der Waals surface area contributed by atoms with Crippen LogP contribution in [0.4, 0.5) is 0 Å². The van der Waals surface area contributed by atoms with Crippen LogP contribution in [0.1, 0.15) is 0 Å². The highest BCUT2D eigenvalue weighted by atomic mass is 14.7. The number of rotatable bonds is 5. The molecule has 3 aromatic heterocycles. The second-order valence-electron chi connectivity index (χ2n) is 11.7. The van der Waals surface area contributed by atoms with E-state index in [9.17, 15) is 0 Å². The molecule has 0 aliphatic heterocycles. The Balaban J connectivity index is 1.24. The van der Waals surface area contributed by atoms with Crippen LogP contribution in [0.15, 0.2) is 164 Å². The summed E-state index contributed by atoms with van der Waals surface area (Å²) in [7, 11) is 0. The number of aromatic nitrogens is 3. The van der Waals surface area contributed by atoms with Crippen molar-refractivity contribution < 1.29 is 0 Å². The topological polar surface area (TPSA) is 38.7 Å². The van der Waals surface area contributed by atoms with E-state index in [0.29, 0.717) is 0 Å². The quantitative estimate of drug-likeness (QED) is 0.189. The first-order valence-electron chi connectivity index (χ1n) is 15.5. The van der Waals surface area contributed by atoms with E-state index in [1.165, 1.54) is 60.1 Å². The number of nitrogens with zero attached hydrogens (tertiary/aromatic N) is 3. The SMILES string of the molecule is c1ccc(-c2cc(-c3ccccn3)cc(-c3ccc4ccc5ccc(-c6ccc(-c7ccncc7)cc6)c6ccc3c4c56)c2)nc1. The second-order valence-corrected chi connectivity index (χ2v) is 11.7. The van der Waals surface area contributed by atoms with Crippen molar-refractivity contribution in [1.82, 2.24) is 15.0 Å². The molecule has 3 heteroatoms. The normalized spacial score (nSPS) is 11.5. The Morgan fingerprint density at radius 3 is 1.35 bits per heavy atom. The molecule has 0 saturated heterocycles. The van der Waals surface area contributed by atoms with Crippen molar-refractivity contribution in [2.24, 2.45) is 0 Å². The predicted molar refractivity (Wildman–Crippen MR) is 191 cm³/mol. The summed E-state index contributed by atoms with van der Waals surface area (Å²) < 4.78 is 0. The van der Waals surface area contributed by atoms with Gasteiger partial charge in [-0.05, 0) is 120 Å². The van der Waals surface area contributed by atoms with Crippen molar-refractivity contribution in [2.75, 3.05) is 0 Å². The molecular formula is C43H27N3. The zero-order valence-electron chi connectivity index (χ0n) is 24.9. The van der Waals surface area contributed by atoms with E-state index in [2.05, 4.69) is 118 Å². The minimum Gasteiger partial charge on any atom is -0.265 e. The largest absolute Gasteiger partial charge is 0.265 e. The fourth-order valence-corrected chi connectivity index (χ4v) is 6.84. The highest BCUT2D eigenvalue weighted by Crippen LogP contribution is 2.43. The van der Waals surface area contributed by atoms with E-state index in [1.807, 2.05) is 61.2 Å². The summed E-state index contributed by atoms with van der Waals surface area (Å²) >= 11 is 0. The Bertz CT molecular complexity index is 2430. The minimum atomic E-state index is 0.943. The van der Waals surface area contributed by atoms with Gasteiger partial charge in [0.1, 0.15) is 0 Å². The van der Waals surface area contributed by atoms with E-state index in [0.717, 1.165) is 28.1 Å². The van der Waals surface area contributed by atoms with Crippen molar-refractivity contribution in [1.29, 1.82) is 0 Å². The van der Waals surface area contributed by atoms with E-state index in [1.54, 1.807) is 0 Å². The molecular weight excluding hydrogens is 558 g/mol. The highest BCUT2D eigenvalue weighted by molar-refractivity contribution is 6.27. The van der Waals surface area contributed by atoms with Crippen molar-refractivity contribution in [3.63, 3.8) is 0 Å². The Hall–Kier alpha value is -6.19. The summed E-state index contributed by atoms with van der Waals surface area (Å²) in [5.41, 5.74) is 11.2. The monoisotopic (exact) mass is 585 g/mol. The molecule has 0 atom stereocenters. The Labute approximate surface area is 266 Å². The van der Waals surface area contributed by atoms with Crippen LogP contribution >= 0.6 is 0 Å². The van der Waals surface area contributed by atoms with E-state index in [-0.39, 0.29) is 0 Å². The van der Waals surface area contributed by atoms with Crippen LogP contribution in [-0.4, -0.2) is 15.0 Å². The maximum atomic E-state index is 4.69. The maximum Gasteiger partial charge on any atom is 0.0702 e. The average Bonchev–Trinajstić information content (AvgIpc) is 3.14. The third kappa shape index (κ3) is 4.41. The molecule has 0 amide bonds. The zero-order valence-corrected chi connectivity index (χ0v) is 24.9. The third-order valence-corrected chi connectivity index (χ3v) is 9.04. The molecule has 0 radical (unpaired) electrons. The lowest BCUT2D eigenvalue weighted by atomic mass is 9.86. The number of pyridine rings is 3. The summed E-state index contributed by atoms with van der Waals surface area (Å²) in [4.78, 5) is 13.5. The van der Waals surface area contributed by atoms with Gasteiger partial charge in [0.25, 0.3) is 0 Å². The van der Waals surface area contributed by atoms with E-state index >= 15 is 0 Å². The van der Waals surface area contributed by atoms with Crippen LogP contribution in [0.3, 0.4) is 0 Å². The molecule has 46 heavy (non-hydrogen) atoms.